The highest BCUT2D eigenvalue weighted by atomic mass is 16.5. The predicted octanol–water partition coefficient (Wildman–Crippen LogP) is 2.07. The summed E-state index contributed by atoms with van der Waals surface area (Å²) in [5.74, 6) is 0.932. The minimum atomic E-state index is 0.209. The minimum absolute atomic E-state index is 0.209. The molecular weight excluding hydrogens is 242 g/mol. The van der Waals surface area contributed by atoms with Gasteiger partial charge in [-0.05, 0) is 37.1 Å². The molecule has 1 N–H and O–H groups in total. The van der Waals surface area contributed by atoms with E-state index in [1.165, 1.54) is 11.1 Å². The largest absolute Gasteiger partial charge is 0.496 e. The third kappa shape index (κ3) is 3.26. The normalized spacial score (nSPS) is 22.7. The fourth-order valence-electron chi connectivity index (χ4n) is 2.64. The molecule has 1 aliphatic heterocycles. The zero-order valence-electron chi connectivity index (χ0n) is 11.9. The lowest BCUT2D eigenvalue weighted by molar-refractivity contribution is 0.0113. The van der Waals surface area contributed by atoms with E-state index in [1.54, 1.807) is 14.2 Å². The van der Waals surface area contributed by atoms with Gasteiger partial charge in [0, 0.05) is 7.11 Å². The number of rotatable bonds is 6. The van der Waals surface area contributed by atoms with Gasteiger partial charge < -0.3 is 19.5 Å². The number of hydrogen-bond acceptors (Lipinski definition) is 4. The van der Waals surface area contributed by atoms with Gasteiger partial charge in [-0.1, -0.05) is 12.1 Å². The van der Waals surface area contributed by atoms with E-state index in [0.29, 0.717) is 13.2 Å². The standard InChI is InChI=1S/C15H23NO3/c1-11-12(5-4-6-13(11)18-3)15-14(7-8-16-15)19-10-9-17-2/h4-6,14-16H,7-10H2,1-3H3/t14-,15-/m1/s1. The molecule has 19 heavy (non-hydrogen) atoms. The second-order valence-corrected chi connectivity index (χ2v) is 4.80. The number of benzene rings is 1. The highest BCUT2D eigenvalue weighted by Crippen LogP contribution is 2.32. The third-order valence-corrected chi connectivity index (χ3v) is 3.67. The number of ether oxygens (including phenoxy) is 3. The highest BCUT2D eigenvalue weighted by molar-refractivity contribution is 5.41. The number of methoxy groups -OCH3 is 2. The van der Waals surface area contributed by atoms with E-state index < -0.39 is 0 Å². The maximum atomic E-state index is 5.91. The van der Waals surface area contributed by atoms with Gasteiger partial charge in [0.05, 0.1) is 32.5 Å². The Labute approximate surface area is 115 Å². The molecule has 4 nitrogen and oxygen atoms in total. The van der Waals surface area contributed by atoms with Gasteiger partial charge in [-0.3, -0.25) is 0 Å². The Hall–Kier alpha value is -1.10. The Morgan fingerprint density at radius 3 is 2.84 bits per heavy atom. The van der Waals surface area contributed by atoms with Gasteiger partial charge in [0.25, 0.3) is 0 Å². The lowest BCUT2D eigenvalue weighted by Gasteiger charge is -2.23. The van der Waals surface area contributed by atoms with Gasteiger partial charge in [0.15, 0.2) is 0 Å². The Kier molecular flexibility index (Phi) is 5.19. The summed E-state index contributed by atoms with van der Waals surface area (Å²) < 4.78 is 16.3. The van der Waals surface area contributed by atoms with Crippen molar-refractivity contribution in [3.8, 4) is 5.75 Å². The fraction of sp³-hybridized carbons (Fsp3) is 0.600. The molecule has 1 aliphatic rings. The molecule has 1 saturated heterocycles. The molecule has 0 radical (unpaired) electrons. The van der Waals surface area contributed by atoms with Crippen LogP contribution in [0, 0.1) is 6.92 Å². The van der Waals surface area contributed by atoms with Gasteiger partial charge in [0.1, 0.15) is 5.75 Å². The molecule has 1 aromatic rings. The van der Waals surface area contributed by atoms with Crippen molar-refractivity contribution in [1.82, 2.24) is 5.32 Å². The lowest BCUT2D eigenvalue weighted by atomic mass is 9.97. The van der Waals surface area contributed by atoms with Gasteiger partial charge in [-0.25, -0.2) is 0 Å². The van der Waals surface area contributed by atoms with Crippen LogP contribution in [0.1, 0.15) is 23.6 Å². The molecule has 4 heteroatoms. The van der Waals surface area contributed by atoms with Crippen LogP contribution in [0.3, 0.4) is 0 Å². The summed E-state index contributed by atoms with van der Waals surface area (Å²) in [7, 11) is 3.40. The first-order chi connectivity index (χ1) is 9.27. The van der Waals surface area contributed by atoms with Crippen LogP contribution in [0.5, 0.6) is 5.75 Å². The van der Waals surface area contributed by atoms with Crippen LogP contribution < -0.4 is 10.1 Å². The molecule has 0 spiro atoms. The maximum absolute atomic E-state index is 5.91. The van der Waals surface area contributed by atoms with E-state index in [9.17, 15) is 0 Å². The smallest absolute Gasteiger partial charge is 0.122 e. The molecule has 2 atom stereocenters. The minimum Gasteiger partial charge on any atom is -0.496 e. The maximum Gasteiger partial charge on any atom is 0.122 e. The summed E-state index contributed by atoms with van der Waals surface area (Å²) in [6.45, 7) is 4.36. The predicted molar refractivity (Wildman–Crippen MR) is 74.7 cm³/mol. The molecule has 0 amide bonds. The Morgan fingerprint density at radius 1 is 1.26 bits per heavy atom. The Balaban J connectivity index is 2.11. The first kappa shape index (κ1) is 14.3. The van der Waals surface area contributed by atoms with Crippen LogP contribution >= 0.6 is 0 Å². The average Bonchev–Trinajstić information content (AvgIpc) is 2.88. The van der Waals surface area contributed by atoms with Crippen LogP contribution in [0.2, 0.25) is 0 Å². The summed E-state index contributed by atoms with van der Waals surface area (Å²) in [5.41, 5.74) is 2.45. The van der Waals surface area contributed by atoms with Gasteiger partial charge in [-0.2, -0.15) is 0 Å². The zero-order chi connectivity index (χ0) is 13.7. The van der Waals surface area contributed by atoms with Crippen LogP contribution in [-0.4, -0.2) is 40.1 Å². The van der Waals surface area contributed by atoms with Crippen molar-refractivity contribution in [2.24, 2.45) is 0 Å². The fourth-order valence-corrected chi connectivity index (χ4v) is 2.64. The second kappa shape index (κ2) is 6.89. The van der Waals surface area contributed by atoms with Crippen molar-refractivity contribution in [1.29, 1.82) is 0 Å². The second-order valence-electron chi connectivity index (χ2n) is 4.80. The number of hydrogen-bond donors (Lipinski definition) is 1. The van der Waals surface area contributed by atoms with E-state index in [4.69, 9.17) is 14.2 Å². The molecule has 1 heterocycles. The summed E-state index contributed by atoms with van der Waals surface area (Å²) >= 11 is 0. The number of nitrogens with one attached hydrogen (secondary N) is 1. The summed E-state index contributed by atoms with van der Waals surface area (Å²) in [6, 6.07) is 6.42. The van der Waals surface area contributed by atoms with E-state index in [-0.39, 0.29) is 12.1 Å². The molecule has 0 aliphatic carbocycles. The molecule has 0 aromatic heterocycles. The first-order valence-corrected chi connectivity index (χ1v) is 6.75. The Morgan fingerprint density at radius 2 is 2.11 bits per heavy atom. The van der Waals surface area contributed by atoms with Crippen molar-refractivity contribution >= 4 is 0 Å². The molecule has 1 fully saturated rings. The van der Waals surface area contributed by atoms with Gasteiger partial charge in [0.2, 0.25) is 0 Å². The topological polar surface area (TPSA) is 39.7 Å². The quantitative estimate of drug-likeness (QED) is 0.799. The third-order valence-electron chi connectivity index (χ3n) is 3.67. The molecule has 1 aromatic carbocycles. The SMILES string of the molecule is COCCO[C@@H]1CCN[C@@H]1c1cccc(OC)c1C. The van der Waals surface area contributed by atoms with Crippen molar-refractivity contribution in [2.45, 2.75) is 25.5 Å². The summed E-state index contributed by atoms with van der Waals surface area (Å²) in [4.78, 5) is 0. The summed E-state index contributed by atoms with van der Waals surface area (Å²) in [6.07, 6.45) is 1.24. The Bertz CT molecular complexity index is 408. The van der Waals surface area contributed by atoms with Crippen LogP contribution in [0.15, 0.2) is 18.2 Å². The highest BCUT2D eigenvalue weighted by Gasteiger charge is 2.30. The van der Waals surface area contributed by atoms with Crippen LogP contribution in [0.4, 0.5) is 0 Å². The van der Waals surface area contributed by atoms with Crippen LogP contribution in [0.25, 0.3) is 0 Å². The molecule has 2 rings (SSSR count). The van der Waals surface area contributed by atoms with Gasteiger partial charge >= 0.3 is 0 Å². The average molecular weight is 265 g/mol. The van der Waals surface area contributed by atoms with E-state index >= 15 is 0 Å². The van der Waals surface area contributed by atoms with Crippen molar-refractivity contribution < 1.29 is 14.2 Å². The van der Waals surface area contributed by atoms with Crippen molar-refractivity contribution in [3.63, 3.8) is 0 Å². The molecular formula is C15H23NO3. The van der Waals surface area contributed by atoms with Gasteiger partial charge in [-0.15, -0.1) is 0 Å². The van der Waals surface area contributed by atoms with Crippen molar-refractivity contribution in [2.75, 3.05) is 34.0 Å². The molecule has 0 saturated carbocycles. The lowest BCUT2D eigenvalue weighted by Crippen LogP contribution is -2.25. The van der Waals surface area contributed by atoms with E-state index in [2.05, 4.69) is 18.3 Å². The van der Waals surface area contributed by atoms with Crippen LogP contribution in [-0.2, 0) is 9.47 Å². The monoisotopic (exact) mass is 265 g/mol. The molecule has 106 valence electrons. The summed E-state index contributed by atoms with van der Waals surface area (Å²) in [5, 5.41) is 3.52. The first-order valence-electron chi connectivity index (χ1n) is 6.75. The molecule has 0 unspecified atom stereocenters. The molecule has 0 bridgehead atoms. The van der Waals surface area contributed by atoms with E-state index in [1.807, 2.05) is 12.1 Å². The van der Waals surface area contributed by atoms with Crippen molar-refractivity contribution in [3.05, 3.63) is 29.3 Å². The zero-order valence-corrected chi connectivity index (χ0v) is 11.9. The van der Waals surface area contributed by atoms with E-state index in [0.717, 1.165) is 18.7 Å².